The number of benzene rings is 2. The number of nitrogens with one attached hydrogen (secondary N) is 2. The molecule has 2 aromatic carbocycles. The highest BCUT2D eigenvalue weighted by atomic mass is 35.5. The Labute approximate surface area is 224 Å². The number of carbonyl (C=O) groups excluding carboxylic acids is 1. The zero-order chi connectivity index (χ0) is 26.3. The highest BCUT2D eigenvalue weighted by Crippen LogP contribution is 2.49. The number of methoxy groups -OCH3 is 2. The lowest BCUT2D eigenvalue weighted by Crippen LogP contribution is -2.37. The number of nitrogens with zero attached hydrogens (tertiary/aromatic N) is 1. The monoisotopic (exact) mass is 537 g/mol. The molecule has 0 spiro atoms. The van der Waals surface area contributed by atoms with Gasteiger partial charge in [0.15, 0.2) is 10.9 Å². The largest absolute Gasteiger partial charge is 0.497 e. The van der Waals surface area contributed by atoms with Crippen molar-refractivity contribution in [3.8, 4) is 11.5 Å². The number of ketones is 1. The van der Waals surface area contributed by atoms with Crippen LogP contribution in [0.2, 0.25) is 5.02 Å². The van der Waals surface area contributed by atoms with Crippen LogP contribution in [0, 0.1) is 5.41 Å². The van der Waals surface area contributed by atoms with E-state index in [0.29, 0.717) is 62.8 Å². The smallest absolute Gasteiger partial charge is 0.257 e. The number of aromatic nitrogens is 2. The fourth-order valence-corrected chi connectivity index (χ4v) is 6.01. The van der Waals surface area contributed by atoms with Gasteiger partial charge in [-0.2, -0.15) is 0 Å². The molecule has 7 nitrogen and oxygen atoms in total. The Morgan fingerprint density at radius 2 is 1.84 bits per heavy atom. The molecule has 2 N–H and O–H groups in total. The van der Waals surface area contributed by atoms with Crippen molar-refractivity contribution in [3.63, 3.8) is 0 Å². The maximum Gasteiger partial charge on any atom is 0.257 e. The lowest BCUT2D eigenvalue weighted by molar-refractivity contribution is -0.118. The first-order valence-electron chi connectivity index (χ1n) is 12.0. The SMILES string of the molecule is COc1ccc(OC)c([C@H]2C3=C(CC(C)(C)CC3=O)Nc3nc(SCc4ccc(Cl)cc4)[nH]c(=O)c32)c1. The zero-order valence-corrected chi connectivity index (χ0v) is 22.7. The molecule has 0 bridgehead atoms. The van der Waals surface area contributed by atoms with E-state index in [0.717, 1.165) is 11.3 Å². The van der Waals surface area contributed by atoms with Gasteiger partial charge in [0.1, 0.15) is 17.3 Å². The second-order valence-corrected chi connectivity index (χ2v) is 11.4. The van der Waals surface area contributed by atoms with Crippen LogP contribution >= 0.6 is 23.4 Å². The second-order valence-electron chi connectivity index (χ2n) is 10.0. The van der Waals surface area contributed by atoms with E-state index in [1.165, 1.54) is 11.8 Å². The van der Waals surface area contributed by atoms with Gasteiger partial charge in [0.05, 0.1) is 25.7 Å². The molecule has 0 radical (unpaired) electrons. The summed E-state index contributed by atoms with van der Waals surface area (Å²) in [5, 5.41) is 4.53. The molecule has 1 aliphatic carbocycles. The fourth-order valence-electron chi connectivity index (χ4n) is 5.07. The average molecular weight is 538 g/mol. The molecule has 2 aliphatic rings. The van der Waals surface area contributed by atoms with Gasteiger partial charge < -0.3 is 19.8 Å². The molecule has 0 saturated heterocycles. The Morgan fingerprint density at radius 3 is 2.54 bits per heavy atom. The Kier molecular flexibility index (Phi) is 6.81. The molecule has 3 aromatic rings. The van der Waals surface area contributed by atoms with Crippen molar-refractivity contribution < 1.29 is 14.3 Å². The fraction of sp³-hybridized carbons (Fsp3) is 0.321. The molecule has 37 heavy (non-hydrogen) atoms. The van der Waals surface area contributed by atoms with Crippen LogP contribution in [0.15, 0.2) is 63.7 Å². The first-order chi connectivity index (χ1) is 17.7. The molecule has 5 rings (SSSR count). The van der Waals surface area contributed by atoms with Gasteiger partial charge in [-0.15, -0.1) is 0 Å². The maximum atomic E-state index is 13.6. The summed E-state index contributed by atoms with van der Waals surface area (Å²) in [6.45, 7) is 4.15. The van der Waals surface area contributed by atoms with Gasteiger partial charge in [0.2, 0.25) is 0 Å². The molecule has 1 aromatic heterocycles. The van der Waals surface area contributed by atoms with E-state index < -0.39 is 5.92 Å². The van der Waals surface area contributed by atoms with Gasteiger partial charge in [-0.05, 0) is 47.7 Å². The van der Waals surface area contributed by atoms with Crippen LogP contribution in [0.1, 0.15) is 49.3 Å². The minimum Gasteiger partial charge on any atom is -0.497 e. The number of allylic oxidation sites excluding steroid dienone is 2. The first kappa shape index (κ1) is 25.4. The number of hydrogen-bond donors (Lipinski definition) is 2. The van der Waals surface area contributed by atoms with E-state index >= 15 is 0 Å². The molecule has 9 heteroatoms. The van der Waals surface area contributed by atoms with E-state index in [1.807, 2.05) is 30.3 Å². The van der Waals surface area contributed by atoms with Crippen LogP contribution in [0.5, 0.6) is 11.5 Å². The van der Waals surface area contributed by atoms with Crippen molar-refractivity contribution in [1.82, 2.24) is 9.97 Å². The number of rotatable bonds is 6. The maximum absolute atomic E-state index is 13.6. The predicted octanol–water partition coefficient (Wildman–Crippen LogP) is 5.93. The van der Waals surface area contributed by atoms with E-state index in [4.69, 9.17) is 26.1 Å². The Bertz CT molecular complexity index is 1460. The molecule has 0 amide bonds. The summed E-state index contributed by atoms with van der Waals surface area (Å²) in [7, 11) is 3.16. The quantitative estimate of drug-likeness (QED) is 0.297. The summed E-state index contributed by atoms with van der Waals surface area (Å²) in [6.07, 6.45) is 1.06. The van der Waals surface area contributed by atoms with Crippen LogP contribution in [0.25, 0.3) is 0 Å². The number of halogens is 1. The Morgan fingerprint density at radius 1 is 1.08 bits per heavy atom. The van der Waals surface area contributed by atoms with Crippen LogP contribution in [-0.2, 0) is 10.5 Å². The van der Waals surface area contributed by atoms with Crippen LogP contribution < -0.4 is 20.3 Å². The number of H-pyrrole nitrogens is 1. The topological polar surface area (TPSA) is 93.3 Å². The molecule has 192 valence electrons. The van der Waals surface area contributed by atoms with Crippen molar-refractivity contribution in [1.29, 1.82) is 0 Å². The average Bonchev–Trinajstić information content (AvgIpc) is 2.86. The van der Waals surface area contributed by atoms with Gasteiger partial charge in [-0.25, -0.2) is 4.98 Å². The van der Waals surface area contributed by atoms with Gasteiger partial charge in [0.25, 0.3) is 5.56 Å². The van der Waals surface area contributed by atoms with Gasteiger partial charge in [-0.1, -0.05) is 49.3 Å². The van der Waals surface area contributed by atoms with Crippen molar-refractivity contribution in [2.45, 2.75) is 43.5 Å². The summed E-state index contributed by atoms with van der Waals surface area (Å²) < 4.78 is 11.1. The number of ether oxygens (including phenoxy) is 2. The third-order valence-corrected chi connectivity index (χ3v) is 7.93. The summed E-state index contributed by atoms with van der Waals surface area (Å²) in [4.78, 5) is 34.9. The number of fused-ring (bicyclic) bond motifs is 1. The normalized spacial score (nSPS) is 18.1. The number of hydrogen-bond acceptors (Lipinski definition) is 7. The van der Waals surface area contributed by atoms with Crippen LogP contribution in [0.4, 0.5) is 5.82 Å². The van der Waals surface area contributed by atoms with Crippen LogP contribution in [0.3, 0.4) is 0 Å². The standard InChI is InChI=1S/C28H28ClN3O4S/c1-28(2)12-19-23(20(33)13-28)22(18-11-17(35-3)9-10-21(18)36-4)24-25(30-19)31-27(32-26(24)34)37-14-15-5-7-16(29)8-6-15/h5-11,22H,12-14H2,1-4H3,(H2,30,31,32,34)/t22-/m0/s1. The van der Waals surface area contributed by atoms with Crippen molar-refractivity contribution in [3.05, 3.63) is 85.8 Å². The van der Waals surface area contributed by atoms with Gasteiger partial charge in [0, 0.05) is 34.0 Å². The van der Waals surface area contributed by atoms with E-state index in [-0.39, 0.29) is 16.8 Å². The first-order valence-corrected chi connectivity index (χ1v) is 13.3. The number of anilines is 1. The molecule has 0 saturated carbocycles. The molecule has 0 fully saturated rings. The molecular formula is C28H28ClN3O4S. The third kappa shape index (κ3) is 5.00. The minimum absolute atomic E-state index is 0.0138. The Hall–Kier alpha value is -3.23. The minimum atomic E-state index is -0.633. The zero-order valence-electron chi connectivity index (χ0n) is 21.1. The van der Waals surface area contributed by atoms with Crippen molar-refractivity contribution in [2.75, 3.05) is 19.5 Å². The molecular weight excluding hydrogens is 510 g/mol. The number of thioether (sulfide) groups is 1. The van der Waals surface area contributed by atoms with Crippen LogP contribution in [-0.4, -0.2) is 30.0 Å². The van der Waals surface area contributed by atoms with E-state index in [9.17, 15) is 9.59 Å². The number of Topliss-reactive ketones (excluding diaryl/α,β-unsaturated/α-hetero) is 1. The number of aromatic amines is 1. The second kappa shape index (κ2) is 9.91. The highest BCUT2D eigenvalue weighted by molar-refractivity contribution is 7.98. The van der Waals surface area contributed by atoms with Gasteiger partial charge in [-0.3, -0.25) is 9.59 Å². The third-order valence-electron chi connectivity index (χ3n) is 6.74. The number of carbonyl (C=O) groups is 1. The lowest BCUT2D eigenvalue weighted by Gasteiger charge is -2.38. The highest BCUT2D eigenvalue weighted by Gasteiger charge is 2.43. The lowest BCUT2D eigenvalue weighted by atomic mass is 9.69. The van der Waals surface area contributed by atoms with Crippen molar-refractivity contribution >= 4 is 35.0 Å². The summed E-state index contributed by atoms with van der Waals surface area (Å²) in [5.41, 5.74) is 3.04. The van der Waals surface area contributed by atoms with E-state index in [1.54, 1.807) is 26.4 Å². The summed E-state index contributed by atoms with van der Waals surface area (Å²) in [5.74, 6) is 1.64. The van der Waals surface area contributed by atoms with Gasteiger partial charge >= 0.3 is 0 Å². The van der Waals surface area contributed by atoms with Crippen molar-refractivity contribution in [2.24, 2.45) is 5.41 Å². The van der Waals surface area contributed by atoms with E-state index in [2.05, 4.69) is 24.1 Å². The molecule has 2 heterocycles. The predicted molar refractivity (Wildman–Crippen MR) is 146 cm³/mol. The molecule has 1 aliphatic heterocycles. The summed E-state index contributed by atoms with van der Waals surface area (Å²) >= 11 is 7.43. The Balaban J connectivity index is 1.63. The molecule has 1 atom stereocenters. The summed E-state index contributed by atoms with van der Waals surface area (Å²) in [6, 6.07) is 13.0. The molecule has 0 unspecified atom stereocenters.